The van der Waals surface area contributed by atoms with Gasteiger partial charge in [0.05, 0.1) is 0 Å². The number of aromatic nitrogens is 1. The maximum Gasteiger partial charge on any atom is 0.183 e. The van der Waals surface area contributed by atoms with Crippen molar-refractivity contribution in [3.8, 4) is 0 Å². The molecule has 1 nitrogen and oxygen atoms in total. The summed E-state index contributed by atoms with van der Waals surface area (Å²) in [5, 5.41) is 1.84. The Labute approximate surface area is 80.7 Å². The molecule has 0 aliphatic rings. The predicted molar refractivity (Wildman–Crippen MR) is 53.6 cm³/mol. The van der Waals surface area contributed by atoms with Gasteiger partial charge in [0.15, 0.2) is 4.47 Å². The molecule has 0 atom stereocenters. The van der Waals surface area contributed by atoms with Gasteiger partial charge in [-0.3, -0.25) is 0 Å². The SMILES string of the molecule is Clc1nccs1.c1ccccc1. The predicted octanol–water partition coefficient (Wildman–Crippen LogP) is 3.48. The molecule has 0 aliphatic heterocycles. The molecule has 0 spiro atoms. The van der Waals surface area contributed by atoms with E-state index >= 15 is 0 Å². The van der Waals surface area contributed by atoms with Crippen LogP contribution in [0.4, 0.5) is 0 Å². The van der Waals surface area contributed by atoms with E-state index in [1.807, 2.05) is 41.8 Å². The number of benzene rings is 1. The van der Waals surface area contributed by atoms with Crippen LogP contribution in [0.3, 0.4) is 0 Å². The number of hydrogen-bond donors (Lipinski definition) is 0. The summed E-state index contributed by atoms with van der Waals surface area (Å²) in [6.45, 7) is 0. The third kappa shape index (κ3) is 4.11. The van der Waals surface area contributed by atoms with E-state index in [-0.39, 0.29) is 0 Å². The molecule has 1 aromatic carbocycles. The molecule has 0 bridgehead atoms. The molecule has 2 aromatic rings. The highest BCUT2D eigenvalue weighted by Gasteiger charge is 1.79. The first-order valence-corrected chi connectivity index (χ1v) is 4.70. The summed E-state index contributed by atoms with van der Waals surface area (Å²) in [5.41, 5.74) is 0. The quantitative estimate of drug-likeness (QED) is 0.630. The molecule has 0 aliphatic carbocycles. The Balaban J connectivity index is 0.000000120. The number of hydrogen-bond acceptors (Lipinski definition) is 2. The average molecular weight is 198 g/mol. The minimum absolute atomic E-state index is 0.606. The number of halogens is 1. The number of thiazole rings is 1. The summed E-state index contributed by atoms with van der Waals surface area (Å²) >= 11 is 6.79. The fourth-order valence-electron chi connectivity index (χ4n) is 0.591. The maximum atomic E-state index is 5.36. The van der Waals surface area contributed by atoms with Crippen molar-refractivity contribution in [2.24, 2.45) is 0 Å². The molecule has 0 amide bonds. The largest absolute Gasteiger partial charge is 0.234 e. The first-order valence-electron chi connectivity index (χ1n) is 3.44. The second-order valence-electron chi connectivity index (χ2n) is 1.94. The Morgan fingerprint density at radius 2 is 1.50 bits per heavy atom. The minimum Gasteiger partial charge on any atom is -0.234 e. The van der Waals surface area contributed by atoms with Crippen LogP contribution in [0.2, 0.25) is 4.47 Å². The second-order valence-corrected chi connectivity index (χ2v) is 3.42. The highest BCUT2D eigenvalue weighted by molar-refractivity contribution is 7.13. The van der Waals surface area contributed by atoms with Crippen LogP contribution in [-0.2, 0) is 0 Å². The van der Waals surface area contributed by atoms with Gasteiger partial charge < -0.3 is 0 Å². The molecule has 0 N–H and O–H groups in total. The number of rotatable bonds is 0. The van der Waals surface area contributed by atoms with Crippen LogP contribution in [-0.4, -0.2) is 4.98 Å². The Morgan fingerprint density at radius 3 is 1.67 bits per heavy atom. The van der Waals surface area contributed by atoms with Gasteiger partial charge in [0.1, 0.15) is 0 Å². The van der Waals surface area contributed by atoms with E-state index in [4.69, 9.17) is 11.6 Å². The highest BCUT2D eigenvalue weighted by Crippen LogP contribution is 2.08. The normalized spacial score (nSPS) is 8.42. The zero-order chi connectivity index (χ0) is 8.65. The molecule has 12 heavy (non-hydrogen) atoms. The van der Waals surface area contributed by atoms with E-state index in [0.29, 0.717) is 4.47 Å². The lowest BCUT2D eigenvalue weighted by molar-refractivity contribution is 1.43. The van der Waals surface area contributed by atoms with Crippen molar-refractivity contribution in [2.75, 3.05) is 0 Å². The van der Waals surface area contributed by atoms with E-state index in [2.05, 4.69) is 4.98 Å². The lowest BCUT2D eigenvalue weighted by Crippen LogP contribution is -1.47. The van der Waals surface area contributed by atoms with Crippen molar-refractivity contribution in [3.63, 3.8) is 0 Å². The van der Waals surface area contributed by atoms with Crippen molar-refractivity contribution >= 4 is 22.9 Å². The van der Waals surface area contributed by atoms with Crippen LogP contribution >= 0.6 is 22.9 Å². The van der Waals surface area contributed by atoms with Crippen LogP contribution in [0.25, 0.3) is 0 Å². The topological polar surface area (TPSA) is 12.9 Å². The molecule has 1 aromatic heterocycles. The van der Waals surface area contributed by atoms with Crippen molar-refractivity contribution in [1.29, 1.82) is 0 Å². The van der Waals surface area contributed by atoms with E-state index in [0.717, 1.165) is 0 Å². The first kappa shape index (κ1) is 9.23. The van der Waals surface area contributed by atoms with Gasteiger partial charge >= 0.3 is 0 Å². The standard InChI is InChI=1S/C6H6.C3H2ClNS/c1-2-4-6-5-3-1;4-3-5-1-2-6-3/h1-6H;1-2H. The summed E-state index contributed by atoms with van der Waals surface area (Å²) < 4.78 is 0.606. The van der Waals surface area contributed by atoms with E-state index in [9.17, 15) is 0 Å². The van der Waals surface area contributed by atoms with Crippen LogP contribution < -0.4 is 0 Å². The summed E-state index contributed by atoms with van der Waals surface area (Å²) in [7, 11) is 0. The van der Waals surface area contributed by atoms with Gasteiger partial charge in [-0.05, 0) is 0 Å². The third-order valence-electron chi connectivity index (χ3n) is 1.07. The Bertz CT molecular complexity index is 254. The Morgan fingerprint density at radius 1 is 1.00 bits per heavy atom. The zero-order valence-corrected chi connectivity index (χ0v) is 7.92. The zero-order valence-electron chi connectivity index (χ0n) is 6.35. The molecule has 0 fully saturated rings. The van der Waals surface area contributed by atoms with Gasteiger partial charge in [-0.1, -0.05) is 48.0 Å². The van der Waals surface area contributed by atoms with Crippen LogP contribution in [0.1, 0.15) is 0 Å². The molecular formula is C9H8ClNS. The van der Waals surface area contributed by atoms with Gasteiger partial charge in [0.2, 0.25) is 0 Å². The van der Waals surface area contributed by atoms with Crippen LogP contribution in [0.15, 0.2) is 48.0 Å². The molecule has 62 valence electrons. The van der Waals surface area contributed by atoms with Gasteiger partial charge in [-0.15, -0.1) is 11.3 Å². The lowest BCUT2D eigenvalue weighted by Gasteiger charge is -1.69. The average Bonchev–Trinajstić information content (AvgIpc) is 2.60. The molecule has 3 heteroatoms. The lowest BCUT2D eigenvalue weighted by atomic mass is 10.4. The molecule has 0 radical (unpaired) electrons. The maximum absolute atomic E-state index is 5.36. The van der Waals surface area contributed by atoms with Gasteiger partial charge in [-0.2, -0.15) is 0 Å². The second kappa shape index (κ2) is 5.75. The van der Waals surface area contributed by atoms with E-state index < -0.39 is 0 Å². The molecule has 0 unspecified atom stereocenters. The van der Waals surface area contributed by atoms with Crippen molar-refractivity contribution < 1.29 is 0 Å². The summed E-state index contributed by atoms with van der Waals surface area (Å²) in [5.74, 6) is 0. The minimum atomic E-state index is 0.606. The van der Waals surface area contributed by atoms with Gasteiger partial charge in [-0.25, -0.2) is 4.98 Å². The van der Waals surface area contributed by atoms with E-state index in [1.165, 1.54) is 11.3 Å². The summed E-state index contributed by atoms with van der Waals surface area (Å²) in [6, 6.07) is 12.0. The third-order valence-corrected chi connectivity index (χ3v) is 1.99. The fraction of sp³-hybridized carbons (Fsp3) is 0. The molecule has 0 saturated heterocycles. The van der Waals surface area contributed by atoms with Gasteiger partial charge in [0, 0.05) is 11.6 Å². The highest BCUT2D eigenvalue weighted by atomic mass is 35.5. The summed E-state index contributed by atoms with van der Waals surface area (Å²) in [4.78, 5) is 3.70. The smallest absolute Gasteiger partial charge is 0.183 e. The molecule has 0 saturated carbocycles. The van der Waals surface area contributed by atoms with E-state index in [1.54, 1.807) is 6.20 Å². The van der Waals surface area contributed by atoms with Gasteiger partial charge in [0.25, 0.3) is 0 Å². The van der Waals surface area contributed by atoms with Crippen LogP contribution in [0.5, 0.6) is 0 Å². The number of nitrogens with zero attached hydrogens (tertiary/aromatic N) is 1. The monoisotopic (exact) mass is 197 g/mol. The first-order chi connectivity index (χ1) is 5.89. The molecular weight excluding hydrogens is 190 g/mol. The summed E-state index contributed by atoms with van der Waals surface area (Å²) in [6.07, 6.45) is 1.67. The Hall–Kier alpha value is -0.860. The van der Waals surface area contributed by atoms with Crippen molar-refractivity contribution in [1.82, 2.24) is 4.98 Å². The fourth-order valence-corrected chi connectivity index (χ4v) is 1.16. The van der Waals surface area contributed by atoms with Crippen molar-refractivity contribution in [2.45, 2.75) is 0 Å². The molecule has 2 rings (SSSR count). The molecule has 1 heterocycles. The van der Waals surface area contributed by atoms with Crippen molar-refractivity contribution in [3.05, 3.63) is 52.4 Å². The van der Waals surface area contributed by atoms with Crippen LogP contribution in [0, 0.1) is 0 Å². The Kier molecular flexibility index (Phi) is 4.42.